The predicted octanol–water partition coefficient (Wildman–Crippen LogP) is 4.24. The molecule has 0 bridgehead atoms. The zero-order valence-electron chi connectivity index (χ0n) is 13.2. The lowest BCUT2D eigenvalue weighted by Gasteiger charge is -2.32. The summed E-state index contributed by atoms with van der Waals surface area (Å²) >= 11 is 0. The number of hydrogen-bond acceptors (Lipinski definition) is 2. The zero-order valence-corrected chi connectivity index (χ0v) is 14.1. The van der Waals surface area contributed by atoms with Crippen LogP contribution >= 0.6 is 0 Å². The first-order valence-electron chi connectivity index (χ1n) is 6.95. The van der Waals surface area contributed by atoms with Gasteiger partial charge < -0.3 is 4.74 Å². The second-order valence-corrected chi connectivity index (χ2v) is 8.45. The van der Waals surface area contributed by atoms with E-state index in [1.54, 1.807) is 7.11 Å². The maximum Gasteiger partial charge on any atom is 0.119 e. The molecule has 20 heavy (non-hydrogen) atoms. The highest BCUT2D eigenvalue weighted by atomic mass is 32.2. The molecule has 1 atom stereocenters. The van der Waals surface area contributed by atoms with Crippen LogP contribution in [0.1, 0.15) is 40.2 Å². The van der Waals surface area contributed by atoms with Crippen molar-refractivity contribution in [2.75, 3.05) is 12.9 Å². The summed E-state index contributed by atoms with van der Waals surface area (Å²) in [4.78, 5) is 1.00. The van der Waals surface area contributed by atoms with Gasteiger partial charge in [0.25, 0.3) is 0 Å². The van der Waals surface area contributed by atoms with Gasteiger partial charge in [0, 0.05) is 10.7 Å². The molecule has 0 saturated carbocycles. The summed E-state index contributed by atoms with van der Waals surface area (Å²) in [5.41, 5.74) is 2.31. The molecule has 110 valence electrons. The van der Waals surface area contributed by atoms with Crippen molar-refractivity contribution >= 4 is 15.7 Å². The molecule has 1 heterocycles. The minimum Gasteiger partial charge on any atom is -0.497 e. The lowest BCUT2D eigenvalue weighted by atomic mass is 9.71. The van der Waals surface area contributed by atoms with Gasteiger partial charge in [-0.25, -0.2) is 0 Å². The van der Waals surface area contributed by atoms with Crippen LogP contribution in [0.15, 0.2) is 29.8 Å². The van der Waals surface area contributed by atoms with Crippen LogP contribution in [-0.4, -0.2) is 17.1 Å². The average Bonchev–Trinajstić information content (AvgIpc) is 2.58. The van der Waals surface area contributed by atoms with Crippen molar-refractivity contribution < 1.29 is 8.95 Å². The van der Waals surface area contributed by atoms with Gasteiger partial charge in [-0.05, 0) is 34.1 Å². The molecule has 0 spiro atoms. The number of rotatable bonds is 2. The fourth-order valence-electron chi connectivity index (χ4n) is 3.29. The Balaban J connectivity index is 2.68. The molecular weight excluding hydrogens is 268 g/mol. The molecule has 0 fully saturated rings. The molecule has 0 saturated heterocycles. The summed E-state index contributed by atoms with van der Waals surface area (Å²) in [5.74, 6) is 1.51. The molecule has 3 heteroatoms. The topological polar surface area (TPSA) is 26.3 Å². The summed E-state index contributed by atoms with van der Waals surface area (Å²) < 4.78 is 18.0. The van der Waals surface area contributed by atoms with Crippen molar-refractivity contribution in [1.82, 2.24) is 0 Å². The largest absolute Gasteiger partial charge is 0.497 e. The Morgan fingerprint density at radius 3 is 2.45 bits per heavy atom. The molecule has 0 amide bonds. The molecule has 0 aliphatic carbocycles. The fourth-order valence-corrected chi connectivity index (χ4v) is 5.43. The number of allylic oxidation sites excluding steroid dienone is 1. The molecular formula is C17H24O2S. The van der Waals surface area contributed by atoms with Gasteiger partial charge >= 0.3 is 0 Å². The standard InChI is InChI=1S/C17H24O2S/c1-16(2,3)15-14(20(18)11-17(15,4)5)12-8-7-9-13(10-12)19-6/h7-10H,11H2,1-6H3. The third kappa shape index (κ3) is 2.69. The molecule has 2 nitrogen and oxygen atoms in total. The first-order chi connectivity index (χ1) is 9.16. The van der Waals surface area contributed by atoms with E-state index in [1.807, 2.05) is 24.3 Å². The molecule has 1 aromatic carbocycles. The number of hydrogen-bond donors (Lipinski definition) is 0. The maximum atomic E-state index is 12.7. The Morgan fingerprint density at radius 1 is 1.25 bits per heavy atom. The van der Waals surface area contributed by atoms with Crippen molar-refractivity contribution in [2.45, 2.75) is 34.6 Å². The molecule has 1 unspecified atom stereocenters. The van der Waals surface area contributed by atoms with E-state index in [1.165, 1.54) is 5.57 Å². The van der Waals surface area contributed by atoms with E-state index < -0.39 is 10.8 Å². The Bertz CT molecular complexity index is 577. The Morgan fingerprint density at radius 2 is 1.90 bits per heavy atom. The summed E-state index contributed by atoms with van der Waals surface area (Å²) in [6.45, 7) is 11.0. The zero-order chi connectivity index (χ0) is 15.1. The number of ether oxygens (including phenoxy) is 1. The van der Waals surface area contributed by atoms with E-state index in [4.69, 9.17) is 4.74 Å². The molecule has 1 aliphatic heterocycles. The fraction of sp³-hybridized carbons (Fsp3) is 0.529. The highest BCUT2D eigenvalue weighted by molar-refractivity contribution is 7.95. The monoisotopic (exact) mass is 292 g/mol. The van der Waals surface area contributed by atoms with Gasteiger partial charge in [0.2, 0.25) is 0 Å². The van der Waals surface area contributed by atoms with Crippen LogP contribution in [0.2, 0.25) is 0 Å². The highest BCUT2D eigenvalue weighted by Gasteiger charge is 2.43. The van der Waals surface area contributed by atoms with Crippen LogP contribution in [0, 0.1) is 10.8 Å². The number of methoxy groups -OCH3 is 1. The van der Waals surface area contributed by atoms with Crippen molar-refractivity contribution in [1.29, 1.82) is 0 Å². The van der Waals surface area contributed by atoms with E-state index in [-0.39, 0.29) is 10.8 Å². The van der Waals surface area contributed by atoms with Gasteiger partial charge in [0.15, 0.2) is 0 Å². The average molecular weight is 292 g/mol. The third-order valence-electron chi connectivity index (χ3n) is 3.71. The molecule has 2 rings (SSSR count). The van der Waals surface area contributed by atoms with Crippen molar-refractivity contribution in [3.05, 3.63) is 35.4 Å². The van der Waals surface area contributed by atoms with E-state index in [9.17, 15) is 4.21 Å². The van der Waals surface area contributed by atoms with Gasteiger partial charge in [-0.15, -0.1) is 0 Å². The van der Waals surface area contributed by atoms with Gasteiger partial charge in [-0.1, -0.05) is 46.8 Å². The second kappa shape index (κ2) is 5.03. The van der Waals surface area contributed by atoms with Crippen LogP contribution in [0.5, 0.6) is 5.75 Å². The van der Waals surface area contributed by atoms with Gasteiger partial charge in [-0.2, -0.15) is 0 Å². The normalized spacial score (nSPS) is 22.2. The first kappa shape index (κ1) is 15.3. The number of benzene rings is 1. The molecule has 0 N–H and O–H groups in total. The SMILES string of the molecule is COc1cccc(C2=C(C(C)(C)C)C(C)(C)CS2=O)c1. The minimum atomic E-state index is -0.944. The molecule has 1 aliphatic rings. The summed E-state index contributed by atoms with van der Waals surface area (Å²) in [5, 5.41) is 0. The van der Waals surface area contributed by atoms with Gasteiger partial charge in [0.1, 0.15) is 5.75 Å². The van der Waals surface area contributed by atoms with E-state index in [0.717, 1.165) is 16.2 Å². The van der Waals surface area contributed by atoms with Crippen molar-refractivity contribution in [3.63, 3.8) is 0 Å². The summed E-state index contributed by atoms with van der Waals surface area (Å²) in [7, 11) is 0.717. The third-order valence-corrected chi connectivity index (χ3v) is 5.58. The maximum absolute atomic E-state index is 12.7. The highest BCUT2D eigenvalue weighted by Crippen LogP contribution is 2.51. The van der Waals surface area contributed by atoms with Gasteiger partial charge in [0.05, 0.1) is 17.9 Å². The van der Waals surface area contributed by atoms with Crippen molar-refractivity contribution in [3.8, 4) is 5.75 Å². The Hall–Kier alpha value is -1.09. The van der Waals surface area contributed by atoms with E-state index in [2.05, 4.69) is 34.6 Å². The van der Waals surface area contributed by atoms with E-state index >= 15 is 0 Å². The lowest BCUT2D eigenvalue weighted by molar-refractivity contribution is 0.375. The van der Waals surface area contributed by atoms with Crippen molar-refractivity contribution in [2.24, 2.45) is 10.8 Å². The van der Waals surface area contributed by atoms with Crippen LogP contribution in [-0.2, 0) is 10.8 Å². The van der Waals surface area contributed by atoms with Crippen LogP contribution in [0.25, 0.3) is 4.91 Å². The minimum absolute atomic E-state index is 0.00801. The van der Waals surface area contributed by atoms with Crippen LogP contribution < -0.4 is 4.74 Å². The molecule has 1 aromatic rings. The predicted molar refractivity (Wildman–Crippen MR) is 86.2 cm³/mol. The van der Waals surface area contributed by atoms with Gasteiger partial charge in [-0.3, -0.25) is 4.21 Å². The van der Waals surface area contributed by atoms with E-state index in [0.29, 0.717) is 5.75 Å². The molecule has 0 aromatic heterocycles. The Kier molecular flexibility index (Phi) is 3.85. The summed E-state index contributed by atoms with van der Waals surface area (Å²) in [6, 6.07) is 7.90. The Labute approximate surface area is 124 Å². The quantitative estimate of drug-likeness (QED) is 0.815. The lowest BCUT2D eigenvalue weighted by Crippen LogP contribution is -2.24. The second-order valence-electron chi connectivity index (χ2n) is 7.06. The van der Waals surface area contributed by atoms with Crippen LogP contribution in [0.3, 0.4) is 0 Å². The smallest absolute Gasteiger partial charge is 0.119 e. The molecule has 0 radical (unpaired) electrons. The first-order valence-corrected chi connectivity index (χ1v) is 8.27. The van der Waals surface area contributed by atoms with Crippen LogP contribution in [0.4, 0.5) is 0 Å². The summed E-state index contributed by atoms with van der Waals surface area (Å²) in [6.07, 6.45) is 0.